The normalized spacial score (nSPS) is 10.6. The highest BCUT2D eigenvalue weighted by Crippen LogP contribution is 2.38. The van der Waals surface area contributed by atoms with E-state index in [0.29, 0.717) is 11.4 Å². The van der Waals surface area contributed by atoms with Crippen molar-refractivity contribution in [1.29, 1.82) is 0 Å². The highest BCUT2D eigenvalue weighted by atomic mass is 32.1. The van der Waals surface area contributed by atoms with E-state index in [1.165, 1.54) is 0 Å². The Morgan fingerprint density at radius 2 is 1.87 bits per heavy atom. The van der Waals surface area contributed by atoms with Crippen molar-refractivity contribution < 1.29 is 9.53 Å². The zero-order valence-corrected chi connectivity index (χ0v) is 17.6. The Kier molecular flexibility index (Phi) is 5.86. The summed E-state index contributed by atoms with van der Waals surface area (Å²) in [5, 5.41) is 3.93. The molecule has 1 amide bonds. The molecule has 4 aromatic rings. The van der Waals surface area contributed by atoms with Crippen molar-refractivity contribution in [2.75, 3.05) is 12.4 Å². The van der Waals surface area contributed by atoms with Crippen molar-refractivity contribution >= 4 is 23.1 Å². The van der Waals surface area contributed by atoms with Gasteiger partial charge in [0.25, 0.3) is 5.91 Å². The number of methoxy groups -OCH3 is 1. The molecule has 0 aliphatic carbocycles. The molecule has 0 atom stereocenters. The molecule has 2 heterocycles. The fourth-order valence-corrected chi connectivity index (χ4v) is 4.12. The Morgan fingerprint density at radius 3 is 2.63 bits per heavy atom. The number of amides is 1. The SMILES string of the molecule is CCc1nc(-c2cccc(OC)c2)c(-c2ccnc(NC(=O)c3ccccc3)c2)s1. The van der Waals surface area contributed by atoms with Crippen LogP contribution in [0.1, 0.15) is 22.3 Å². The molecule has 150 valence electrons. The van der Waals surface area contributed by atoms with Gasteiger partial charge in [-0.3, -0.25) is 4.79 Å². The summed E-state index contributed by atoms with van der Waals surface area (Å²) >= 11 is 1.65. The Hall–Kier alpha value is -3.51. The van der Waals surface area contributed by atoms with E-state index in [-0.39, 0.29) is 5.91 Å². The molecule has 1 N–H and O–H groups in total. The van der Waals surface area contributed by atoms with Crippen molar-refractivity contribution in [3.63, 3.8) is 0 Å². The lowest BCUT2D eigenvalue weighted by Crippen LogP contribution is -2.12. The number of benzene rings is 2. The molecule has 0 spiro atoms. The molecule has 0 unspecified atom stereocenters. The summed E-state index contributed by atoms with van der Waals surface area (Å²) < 4.78 is 5.38. The number of thiazole rings is 1. The van der Waals surface area contributed by atoms with Crippen LogP contribution in [0.2, 0.25) is 0 Å². The molecule has 0 radical (unpaired) electrons. The molecule has 0 aliphatic heterocycles. The van der Waals surface area contributed by atoms with Gasteiger partial charge in [0, 0.05) is 17.3 Å². The number of anilines is 1. The van der Waals surface area contributed by atoms with Gasteiger partial charge in [0.2, 0.25) is 0 Å². The number of hydrogen-bond acceptors (Lipinski definition) is 5. The molecule has 0 saturated heterocycles. The number of carbonyl (C=O) groups excluding carboxylic acids is 1. The first-order valence-corrected chi connectivity index (χ1v) is 10.5. The molecule has 0 fully saturated rings. The number of aromatic nitrogens is 2. The molecule has 2 aromatic heterocycles. The van der Waals surface area contributed by atoms with Gasteiger partial charge in [-0.1, -0.05) is 37.3 Å². The average Bonchev–Trinajstić information content (AvgIpc) is 3.24. The summed E-state index contributed by atoms with van der Waals surface area (Å²) in [5.74, 6) is 1.10. The standard InChI is InChI=1S/C24H21N3O2S/c1-3-21-27-22(17-10-7-11-19(14-17)29-2)23(30-21)18-12-13-25-20(15-18)26-24(28)16-8-5-4-6-9-16/h4-15H,3H2,1-2H3,(H,25,26,28). The number of carbonyl (C=O) groups is 1. The van der Waals surface area contributed by atoms with Gasteiger partial charge in [0.1, 0.15) is 11.6 Å². The Labute approximate surface area is 179 Å². The number of nitrogens with zero attached hydrogens (tertiary/aromatic N) is 2. The zero-order valence-electron chi connectivity index (χ0n) is 16.8. The second-order valence-electron chi connectivity index (χ2n) is 6.62. The van der Waals surface area contributed by atoms with Crippen LogP contribution >= 0.6 is 11.3 Å². The van der Waals surface area contributed by atoms with E-state index in [0.717, 1.165) is 38.9 Å². The third kappa shape index (κ3) is 4.23. The quantitative estimate of drug-likeness (QED) is 0.439. The molecular weight excluding hydrogens is 394 g/mol. The summed E-state index contributed by atoms with van der Waals surface area (Å²) in [6.07, 6.45) is 2.56. The van der Waals surface area contributed by atoms with Crippen LogP contribution in [0.4, 0.5) is 5.82 Å². The van der Waals surface area contributed by atoms with E-state index in [1.54, 1.807) is 36.8 Å². The molecule has 0 aliphatic rings. The minimum Gasteiger partial charge on any atom is -0.497 e. The van der Waals surface area contributed by atoms with Gasteiger partial charge in [0.05, 0.1) is 22.7 Å². The predicted molar refractivity (Wildman–Crippen MR) is 121 cm³/mol. The third-order valence-corrected chi connectivity index (χ3v) is 5.87. The van der Waals surface area contributed by atoms with Gasteiger partial charge < -0.3 is 10.1 Å². The number of ether oxygens (including phenoxy) is 1. The maximum atomic E-state index is 12.5. The topological polar surface area (TPSA) is 64.1 Å². The van der Waals surface area contributed by atoms with Crippen LogP contribution in [0, 0.1) is 0 Å². The Morgan fingerprint density at radius 1 is 1.03 bits per heavy atom. The maximum Gasteiger partial charge on any atom is 0.256 e. The van der Waals surface area contributed by atoms with Gasteiger partial charge in [-0.25, -0.2) is 9.97 Å². The summed E-state index contributed by atoms with van der Waals surface area (Å²) in [5.41, 5.74) is 3.45. The van der Waals surface area contributed by atoms with Crippen LogP contribution in [0.25, 0.3) is 21.7 Å². The minimum atomic E-state index is -0.188. The second kappa shape index (κ2) is 8.88. The number of hydrogen-bond donors (Lipinski definition) is 1. The van der Waals surface area contributed by atoms with Crippen molar-refractivity contribution in [2.45, 2.75) is 13.3 Å². The highest BCUT2D eigenvalue weighted by Gasteiger charge is 2.16. The fraction of sp³-hybridized carbons (Fsp3) is 0.125. The molecule has 5 nitrogen and oxygen atoms in total. The first kappa shape index (κ1) is 19.8. The zero-order chi connectivity index (χ0) is 20.9. The van der Waals surface area contributed by atoms with Crippen molar-refractivity contribution in [1.82, 2.24) is 9.97 Å². The number of aryl methyl sites for hydroxylation is 1. The smallest absolute Gasteiger partial charge is 0.256 e. The van der Waals surface area contributed by atoms with Crippen molar-refractivity contribution in [2.24, 2.45) is 0 Å². The fourth-order valence-electron chi connectivity index (χ4n) is 3.10. The monoisotopic (exact) mass is 415 g/mol. The summed E-state index contributed by atoms with van der Waals surface area (Å²) in [4.78, 5) is 22.7. The molecule has 0 bridgehead atoms. The van der Waals surface area contributed by atoms with E-state index < -0.39 is 0 Å². The van der Waals surface area contributed by atoms with Crippen LogP contribution in [0.3, 0.4) is 0 Å². The van der Waals surface area contributed by atoms with Crippen LogP contribution in [-0.4, -0.2) is 23.0 Å². The summed E-state index contributed by atoms with van der Waals surface area (Å²) in [6.45, 7) is 2.09. The lowest BCUT2D eigenvalue weighted by atomic mass is 10.1. The van der Waals surface area contributed by atoms with Crippen molar-refractivity contribution in [3.8, 4) is 27.4 Å². The molecule has 6 heteroatoms. The summed E-state index contributed by atoms with van der Waals surface area (Å²) in [6, 6.07) is 20.8. The minimum absolute atomic E-state index is 0.188. The number of nitrogens with one attached hydrogen (secondary N) is 1. The molecule has 2 aromatic carbocycles. The van der Waals surface area contributed by atoms with E-state index in [1.807, 2.05) is 54.6 Å². The van der Waals surface area contributed by atoms with Crippen LogP contribution in [0.5, 0.6) is 5.75 Å². The van der Waals surface area contributed by atoms with E-state index >= 15 is 0 Å². The first-order valence-electron chi connectivity index (χ1n) is 9.65. The lowest BCUT2D eigenvalue weighted by Gasteiger charge is -2.08. The third-order valence-electron chi connectivity index (χ3n) is 4.62. The van der Waals surface area contributed by atoms with Crippen LogP contribution in [-0.2, 0) is 6.42 Å². The van der Waals surface area contributed by atoms with E-state index in [4.69, 9.17) is 9.72 Å². The predicted octanol–water partition coefficient (Wildman–Crippen LogP) is 5.70. The van der Waals surface area contributed by atoms with Gasteiger partial charge in [-0.05, 0) is 48.4 Å². The van der Waals surface area contributed by atoms with Crippen LogP contribution < -0.4 is 10.1 Å². The molecular formula is C24H21N3O2S. The first-order chi connectivity index (χ1) is 14.7. The van der Waals surface area contributed by atoms with Gasteiger partial charge in [-0.2, -0.15) is 0 Å². The number of rotatable bonds is 6. The maximum absolute atomic E-state index is 12.5. The second-order valence-corrected chi connectivity index (χ2v) is 7.70. The van der Waals surface area contributed by atoms with Gasteiger partial charge >= 0.3 is 0 Å². The molecule has 30 heavy (non-hydrogen) atoms. The summed E-state index contributed by atoms with van der Waals surface area (Å²) in [7, 11) is 1.66. The highest BCUT2D eigenvalue weighted by molar-refractivity contribution is 7.15. The average molecular weight is 416 g/mol. The molecule has 0 saturated carbocycles. The largest absolute Gasteiger partial charge is 0.497 e. The van der Waals surface area contributed by atoms with E-state index in [9.17, 15) is 4.79 Å². The van der Waals surface area contributed by atoms with Gasteiger partial charge in [-0.15, -0.1) is 11.3 Å². The Bertz CT molecular complexity index is 1170. The number of pyridine rings is 1. The molecule has 4 rings (SSSR count). The Balaban J connectivity index is 1.70. The lowest BCUT2D eigenvalue weighted by molar-refractivity contribution is 0.102. The van der Waals surface area contributed by atoms with Gasteiger partial charge in [0.15, 0.2) is 0 Å². The van der Waals surface area contributed by atoms with E-state index in [2.05, 4.69) is 17.2 Å². The van der Waals surface area contributed by atoms with Crippen molar-refractivity contribution in [3.05, 3.63) is 83.5 Å². The van der Waals surface area contributed by atoms with Crippen LogP contribution in [0.15, 0.2) is 72.9 Å².